The maximum absolute atomic E-state index is 5.44. The van der Waals surface area contributed by atoms with Crippen LogP contribution in [0.15, 0.2) is 77.8 Å². The highest BCUT2D eigenvalue weighted by atomic mass is 32.1. The van der Waals surface area contributed by atoms with Crippen LogP contribution in [0.1, 0.15) is 112 Å². The number of quaternary nitrogens is 1. The van der Waals surface area contributed by atoms with Gasteiger partial charge in [-0.25, -0.2) is 15.0 Å². The lowest BCUT2D eigenvalue weighted by Crippen LogP contribution is -2.50. The molecule has 0 spiro atoms. The summed E-state index contributed by atoms with van der Waals surface area (Å²) in [5, 5.41) is 3.63. The number of hydrogen-bond acceptors (Lipinski definition) is 7. The van der Waals surface area contributed by atoms with E-state index in [9.17, 15) is 0 Å². The summed E-state index contributed by atoms with van der Waals surface area (Å²) in [4.78, 5) is 20.5. The van der Waals surface area contributed by atoms with Crippen LogP contribution < -0.4 is 14.8 Å². The van der Waals surface area contributed by atoms with Gasteiger partial charge in [-0.3, -0.25) is 0 Å². The van der Waals surface area contributed by atoms with E-state index in [1.54, 1.807) is 14.2 Å². The number of aromatic amines is 2. The van der Waals surface area contributed by atoms with Crippen molar-refractivity contribution in [2.75, 3.05) is 45.7 Å². The molecular weight excluding hydrogens is 795 g/mol. The third-order valence-electron chi connectivity index (χ3n) is 11.2. The van der Waals surface area contributed by atoms with E-state index >= 15 is 0 Å². The third kappa shape index (κ3) is 14.6. The van der Waals surface area contributed by atoms with Crippen molar-refractivity contribution in [1.29, 1.82) is 0 Å². The van der Waals surface area contributed by atoms with E-state index in [-0.39, 0.29) is 0 Å². The minimum atomic E-state index is 0.478. The van der Waals surface area contributed by atoms with Crippen molar-refractivity contribution in [2.24, 2.45) is 4.99 Å². The number of H-pyrrole nitrogens is 2. The molecule has 0 saturated carbocycles. The first-order valence-corrected chi connectivity index (χ1v) is 22.8. The molecule has 11 heteroatoms. The van der Waals surface area contributed by atoms with Gasteiger partial charge in [0.25, 0.3) is 0 Å². The molecule has 4 aromatic carbocycles. The molecule has 6 rings (SSSR count). The molecule has 3 N–H and O–H groups in total. The molecule has 0 bridgehead atoms. The van der Waals surface area contributed by atoms with Crippen molar-refractivity contribution >= 4 is 68.8 Å². The second-order valence-electron chi connectivity index (χ2n) is 16.0. The standard InChI is InChI=1S/2C17H17N3OS.C16H36N/c2*1-10-7-14-15(8-11(10)2)19-17(18-14)20-16(22)12-5-4-6-13(9-12)21-3;1-5-9-13-17(14-10-6-2,15-11-7-3)16-12-8-4/h2*4-9H,1-3H3,(H2,18,19,20,22);5-16H2,1-4H3/q;;+1/p-1. The van der Waals surface area contributed by atoms with E-state index in [0.717, 1.165) is 44.7 Å². The Hall–Kier alpha value is -4.84. The van der Waals surface area contributed by atoms with E-state index in [1.807, 2.05) is 48.5 Å². The molecule has 0 saturated heterocycles. The van der Waals surface area contributed by atoms with E-state index < -0.39 is 0 Å². The molecule has 0 atom stereocenters. The number of methoxy groups -OCH3 is 2. The van der Waals surface area contributed by atoms with Gasteiger partial charge in [0, 0.05) is 5.56 Å². The lowest BCUT2D eigenvalue weighted by Gasteiger charge is -2.39. The Balaban J connectivity index is 0.000000204. The number of thiocarbonyl (C=S) groups is 1. The molecule has 6 aromatic rings. The number of aromatic nitrogens is 4. The zero-order valence-electron chi connectivity index (χ0n) is 38.3. The largest absolute Gasteiger partial charge is 0.759 e. The lowest BCUT2D eigenvalue weighted by atomic mass is 10.1. The third-order valence-corrected chi connectivity index (χ3v) is 11.9. The van der Waals surface area contributed by atoms with Gasteiger partial charge >= 0.3 is 0 Å². The van der Waals surface area contributed by atoms with Crippen molar-refractivity contribution in [3.8, 4) is 11.5 Å². The summed E-state index contributed by atoms with van der Waals surface area (Å²) < 4.78 is 11.8. The van der Waals surface area contributed by atoms with Gasteiger partial charge in [0.2, 0.25) is 11.9 Å². The van der Waals surface area contributed by atoms with Gasteiger partial charge in [0.15, 0.2) is 0 Å². The Bertz CT molecular complexity index is 2210. The van der Waals surface area contributed by atoms with Crippen LogP contribution in [0.3, 0.4) is 0 Å². The Morgan fingerprint density at radius 1 is 0.639 bits per heavy atom. The van der Waals surface area contributed by atoms with E-state index in [4.69, 9.17) is 34.3 Å². The molecule has 0 radical (unpaired) electrons. The predicted molar refractivity (Wildman–Crippen MR) is 265 cm³/mol. The van der Waals surface area contributed by atoms with Crippen molar-refractivity contribution < 1.29 is 14.0 Å². The zero-order valence-corrected chi connectivity index (χ0v) is 40.0. The van der Waals surface area contributed by atoms with Crippen molar-refractivity contribution in [3.63, 3.8) is 0 Å². The Labute approximate surface area is 376 Å². The smallest absolute Gasteiger partial charge is 0.226 e. The number of fused-ring (bicyclic) bond motifs is 2. The maximum Gasteiger partial charge on any atom is 0.226 e. The van der Waals surface area contributed by atoms with Gasteiger partial charge in [-0.2, -0.15) is 0 Å². The summed E-state index contributed by atoms with van der Waals surface area (Å²) in [7, 11) is 3.27. The SMILES string of the molecule is CCCC[N+](CCCC)(CCCC)CCCC.COc1cccc(/C([S-])=N/c2nc3cc(C)c(C)cc3[nH]2)c1.COc1cccc(C(=S)Nc2nc3cc(C)c(C)cc3[nH]2)c1. The van der Waals surface area contributed by atoms with Gasteiger partial charge in [0.05, 0.1) is 62.5 Å². The van der Waals surface area contributed by atoms with Crippen LogP contribution in [0.4, 0.5) is 11.9 Å². The van der Waals surface area contributed by atoms with Crippen LogP contribution in [0.5, 0.6) is 11.5 Å². The minimum absolute atomic E-state index is 0.478. The molecule has 9 nitrogen and oxygen atoms in total. The molecule has 2 aromatic heterocycles. The number of ether oxygens (including phenoxy) is 2. The van der Waals surface area contributed by atoms with Crippen LogP contribution in [0.2, 0.25) is 0 Å². The molecule has 328 valence electrons. The number of rotatable bonds is 18. The fourth-order valence-corrected chi connectivity index (χ4v) is 7.58. The fourth-order valence-electron chi connectivity index (χ4n) is 7.14. The molecule has 0 unspecified atom stereocenters. The first-order valence-electron chi connectivity index (χ1n) is 22.0. The number of imidazole rings is 2. The fraction of sp³-hybridized carbons (Fsp3) is 0.440. The number of benzene rings is 4. The van der Waals surface area contributed by atoms with Crippen molar-refractivity contribution in [1.82, 2.24) is 19.9 Å². The number of unbranched alkanes of at least 4 members (excludes halogenated alkanes) is 4. The number of nitrogens with zero attached hydrogens (tertiary/aromatic N) is 4. The zero-order chi connectivity index (χ0) is 44.4. The summed E-state index contributed by atoms with van der Waals surface area (Å²) in [6.45, 7) is 23.3. The summed E-state index contributed by atoms with van der Waals surface area (Å²) >= 11 is 10.8. The highest BCUT2D eigenvalue weighted by Crippen LogP contribution is 2.23. The van der Waals surface area contributed by atoms with Gasteiger partial charge in [-0.1, -0.05) is 94.9 Å². The average molecular weight is 864 g/mol. The van der Waals surface area contributed by atoms with Crippen LogP contribution in [0, 0.1) is 27.7 Å². The second-order valence-corrected chi connectivity index (χ2v) is 16.8. The maximum atomic E-state index is 5.44. The second kappa shape index (κ2) is 24.6. The van der Waals surface area contributed by atoms with Crippen LogP contribution in [-0.2, 0) is 12.6 Å². The van der Waals surface area contributed by atoms with Crippen LogP contribution in [-0.4, -0.2) is 74.8 Å². The van der Waals surface area contributed by atoms with Crippen molar-refractivity contribution in [3.05, 3.63) is 106 Å². The van der Waals surface area contributed by atoms with E-state index in [0.29, 0.717) is 21.9 Å². The highest BCUT2D eigenvalue weighted by molar-refractivity contribution is 7.81. The number of aryl methyl sites for hydroxylation is 4. The number of aliphatic imine (C=N–C) groups is 1. The molecule has 0 aliphatic rings. The molecule has 0 fully saturated rings. The van der Waals surface area contributed by atoms with Gasteiger partial charge < -0.3 is 41.9 Å². The monoisotopic (exact) mass is 863 g/mol. The van der Waals surface area contributed by atoms with E-state index in [2.05, 4.69) is 110 Å². The highest BCUT2D eigenvalue weighted by Gasteiger charge is 2.24. The number of anilines is 1. The Kier molecular flexibility index (Phi) is 19.7. The van der Waals surface area contributed by atoms with E-state index in [1.165, 1.54) is 104 Å². The lowest BCUT2D eigenvalue weighted by molar-refractivity contribution is -0.929. The quantitative estimate of drug-likeness (QED) is 0.0260. The van der Waals surface area contributed by atoms with Gasteiger partial charge in [0.1, 0.15) is 16.5 Å². The summed E-state index contributed by atoms with van der Waals surface area (Å²) in [6.07, 6.45) is 11.1. The predicted octanol–water partition coefficient (Wildman–Crippen LogP) is 12.8. The van der Waals surface area contributed by atoms with Gasteiger partial charge in [-0.05, 0) is 130 Å². The molecule has 61 heavy (non-hydrogen) atoms. The Morgan fingerprint density at radius 2 is 1.08 bits per heavy atom. The Morgan fingerprint density at radius 3 is 1.57 bits per heavy atom. The number of hydrogen-bond donors (Lipinski definition) is 3. The normalized spacial score (nSPS) is 11.5. The number of nitrogens with one attached hydrogen (secondary N) is 3. The van der Waals surface area contributed by atoms with Crippen LogP contribution >= 0.6 is 12.2 Å². The summed E-state index contributed by atoms with van der Waals surface area (Å²) in [5.41, 5.74) is 10.4. The minimum Gasteiger partial charge on any atom is -0.759 e. The molecule has 0 amide bonds. The summed E-state index contributed by atoms with van der Waals surface area (Å²) in [5.74, 6) is 2.70. The molecule has 0 aliphatic carbocycles. The molecule has 0 aliphatic heterocycles. The summed E-state index contributed by atoms with van der Waals surface area (Å²) in [6, 6.07) is 23.5. The molecule has 2 heterocycles. The topological polar surface area (TPSA) is 100 Å². The first-order chi connectivity index (χ1) is 29.4. The van der Waals surface area contributed by atoms with Gasteiger partial charge in [-0.15, -0.1) is 0 Å². The first kappa shape index (κ1) is 48.8. The average Bonchev–Trinajstić information content (AvgIpc) is 3.84. The van der Waals surface area contributed by atoms with Crippen LogP contribution in [0.25, 0.3) is 22.1 Å². The molecular formula is C50H69N7O2S2. The van der Waals surface area contributed by atoms with Crippen molar-refractivity contribution in [2.45, 2.75) is 107 Å².